The number of ether oxygens (including phenoxy) is 1. The molecule has 3 heterocycles. The van der Waals surface area contributed by atoms with Crippen LogP contribution in [0.1, 0.15) is 23.2 Å². The number of nitrogens with zero attached hydrogens (tertiary/aromatic N) is 3. The molecule has 0 radical (unpaired) electrons. The Morgan fingerprint density at radius 3 is 2.81 bits per heavy atom. The molecular formula is C15H17N3O3. The number of hydrogen-bond acceptors (Lipinski definition) is 4. The van der Waals surface area contributed by atoms with Crippen molar-refractivity contribution in [2.24, 2.45) is 5.92 Å². The zero-order valence-corrected chi connectivity index (χ0v) is 11.9. The summed E-state index contributed by atoms with van der Waals surface area (Å²) in [6.45, 7) is 1.17. The van der Waals surface area contributed by atoms with Gasteiger partial charge >= 0.3 is 5.97 Å². The van der Waals surface area contributed by atoms with Gasteiger partial charge in [-0.05, 0) is 25.0 Å². The molecule has 21 heavy (non-hydrogen) atoms. The number of amides is 1. The number of pyridine rings is 1. The van der Waals surface area contributed by atoms with Gasteiger partial charge in [0.05, 0.1) is 31.1 Å². The minimum atomic E-state index is -0.178. The molecule has 0 atom stereocenters. The molecular weight excluding hydrogens is 270 g/mol. The average molecular weight is 287 g/mol. The minimum Gasteiger partial charge on any atom is -0.469 e. The molecule has 1 amide bonds. The first-order valence-electron chi connectivity index (χ1n) is 6.98. The zero-order valence-electron chi connectivity index (χ0n) is 11.9. The van der Waals surface area contributed by atoms with Gasteiger partial charge in [-0.3, -0.25) is 9.59 Å². The standard InChI is InChI=1S/C15H17N3O3/c1-21-15(20)11-2-5-17(6-3-11)14(19)12-4-7-18-10-16-9-13(18)8-12/h4,7-11H,2-3,5-6H2,1H3. The summed E-state index contributed by atoms with van der Waals surface area (Å²) in [5.41, 5.74) is 1.55. The van der Waals surface area contributed by atoms with E-state index < -0.39 is 0 Å². The maximum absolute atomic E-state index is 12.5. The van der Waals surface area contributed by atoms with Crippen molar-refractivity contribution in [1.82, 2.24) is 14.3 Å². The first-order chi connectivity index (χ1) is 10.2. The van der Waals surface area contributed by atoms with Gasteiger partial charge in [0.15, 0.2) is 0 Å². The van der Waals surface area contributed by atoms with E-state index in [0.29, 0.717) is 31.5 Å². The van der Waals surface area contributed by atoms with Crippen molar-refractivity contribution in [2.75, 3.05) is 20.2 Å². The van der Waals surface area contributed by atoms with E-state index in [-0.39, 0.29) is 17.8 Å². The van der Waals surface area contributed by atoms with E-state index in [9.17, 15) is 9.59 Å². The van der Waals surface area contributed by atoms with Gasteiger partial charge in [-0.1, -0.05) is 0 Å². The van der Waals surface area contributed by atoms with Crippen molar-refractivity contribution in [3.05, 3.63) is 36.4 Å². The highest BCUT2D eigenvalue weighted by Crippen LogP contribution is 2.20. The van der Waals surface area contributed by atoms with Gasteiger partial charge in [0, 0.05) is 24.8 Å². The maximum atomic E-state index is 12.5. The number of carbonyl (C=O) groups excluding carboxylic acids is 2. The predicted octanol–water partition coefficient (Wildman–Crippen LogP) is 1.36. The maximum Gasteiger partial charge on any atom is 0.308 e. The van der Waals surface area contributed by atoms with Gasteiger partial charge < -0.3 is 14.0 Å². The number of methoxy groups -OCH3 is 1. The Bertz CT molecular complexity index is 672. The van der Waals surface area contributed by atoms with Crippen LogP contribution in [0, 0.1) is 5.92 Å². The van der Waals surface area contributed by atoms with Crippen molar-refractivity contribution < 1.29 is 14.3 Å². The highest BCUT2D eigenvalue weighted by atomic mass is 16.5. The van der Waals surface area contributed by atoms with Gasteiger partial charge in [-0.25, -0.2) is 4.98 Å². The molecule has 2 aromatic rings. The molecule has 0 spiro atoms. The highest BCUT2D eigenvalue weighted by molar-refractivity contribution is 5.95. The van der Waals surface area contributed by atoms with E-state index >= 15 is 0 Å². The van der Waals surface area contributed by atoms with Crippen LogP contribution in [0.25, 0.3) is 5.52 Å². The molecule has 0 aliphatic carbocycles. The monoisotopic (exact) mass is 287 g/mol. The van der Waals surface area contributed by atoms with E-state index in [4.69, 9.17) is 4.74 Å². The number of aromatic nitrogens is 2. The van der Waals surface area contributed by atoms with E-state index in [1.165, 1.54) is 7.11 Å². The molecule has 0 N–H and O–H groups in total. The molecule has 0 bridgehead atoms. The lowest BCUT2D eigenvalue weighted by atomic mass is 9.96. The Kier molecular flexibility index (Phi) is 3.60. The van der Waals surface area contributed by atoms with Crippen LogP contribution in [-0.4, -0.2) is 46.4 Å². The van der Waals surface area contributed by atoms with Crippen LogP contribution in [0.3, 0.4) is 0 Å². The molecule has 110 valence electrons. The normalized spacial score (nSPS) is 16.1. The lowest BCUT2D eigenvalue weighted by Gasteiger charge is -2.30. The van der Waals surface area contributed by atoms with Gasteiger partial charge in [-0.15, -0.1) is 0 Å². The van der Waals surface area contributed by atoms with Gasteiger partial charge in [0.1, 0.15) is 0 Å². The van der Waals surface area contributed by atoms with E-state index in [0.717, 1.165) is 5.52 Å². The second kappa shape index (κ2) is 5.55. The van der Waals surface area contributed by atoms with Crippen LogP contribution in [0.15, 0.2) is 30.9 Å². The topological polar surface area (TPSA) is 63.9 Å². The molecule has 1 aliphatic rings. The Hall–Kier alpha value is -2.37. The highest BCUT2D eigenvalue weighted by Gasteiger charge is 2.28. The summed E-state index contributed by atoms with van der Waals surface area (Å²) in [4.78, 5) is 29.8. The average Bonchev–Trinajstić information content (AvgIpc) is 3.01. The number of imidazole rings is 1. The number of rotatable bonds is 2. The van der Waals surface area contributed by atoms with Gasteiger partial charge in [0.2, 0.25) is 0 Å². The molecule has 0 unspecified atom stereocenters. The molecule has 6 nitrogen and oxygen atoms in total. The zero-order chi connectivity index (χ0) is 14.8. The first kappa shape index (κ1) is 13.6. The third-order valence-corrected chi connectivity index (χ3v) is 3.98. The Labute approximate surface area is 122 Å². The summed E-state index contributed by atoms with van der Waals surface area (Å²) >= 11 is 0. The number of piperidine rings is 1. The Morgan fingerprint density at radius 2 is 2.10 bits per heavy atom. The summed E-state index contributed by atoms with van der Waals surface area (Å²) in [6.07, 6.45) is 6.57. The van der Waals surface area contributed by atoms with Crippen LogP contribution < -0.4 is 0 Å². The summed E-state index contributed by atoms with van der Waals surface area (Å²) in [6, 6.07) is 3.63. The lowest BCUT2D eigenvalue weighted by Crippen LogP contribution is -2.40. The molecule has 2 aromatic heterocycles. The minimum absolute atomic E-state index is 0.00187. The van der Waals surface area contributed by atoms with Crippen LogP contribution in [0.5, 0.6) is 0 Å². The Balaban J connectivity index is 1.70. The van der Waals surface area contributed by atoms with Crippen molar-refractivity contribution in [1.29, 1.82) is 0 Å². The number of hydrogen-bond donors (Lipinski definition) is 0. The fourth-order valence-corrected chi connectivity index (χ4v) is 2.72. The summed E-state index contributed by atoms with van der Waals surface area (Å²) in [7, 11) is 1.40. The van der Waals surface area contributed by atoms with Crippen LogP contribution >= 0.6 is 0 Å². The van der Waals surface area contributed by atoms with Crippen LogP contribution in [0.2, 0.25) is 0 Å². The van der Waals surface area contributed by atoms with Crippen molar-refractivity contribution in [3.63, 3.8) is 0 Å². The van der Waals surface area contributed by atoms with Crippen molar-refractivity contribution in [2.45, 2.75) is 12.8 Å². The van der Waals surface area contributed by atoms with Crippen LogP contribution in [0.4, 0.5) is 0 Å². The number of fused-ring (bicyclic) bond motifs is 1. The molecule has 1 saturated heterocycles. The van der Waals surface area contributed by atoms with E-state index in [1.807, 2.05) is 16.7 Å². The largest absolute Gasteiger partial charge is 0.469 e. The lowest BCUT2D eigenvalue weighted by molar-refractivity contribution is -0.146. The molecule has 0 aromatic carbocycles. The fraction of sp³-hybridized carbons (Fsp3) is 0.400. The molecule has 0 saturated carbocycles. The predicted molar refractivity (Wildman–Crippen MR) is 75.8 cm³/mol. The SMILES string of the molecule is COC(=O)C1CCN(C(=O)c2ccn3cncc3c2)CC1. The molecule has 1 fully saturated rings. The van der Waals surface area contributed by atoms with Crippen molar-refractivity contribution in [3.8, 4) is 0 Å². The molecule has 3 rings (SSSR count). The fourth-order valence-electron chi connectivity index (χ4n) is 2.72. The van der Waals surface area contributed by atoms with Gasteiger partial charge in [-0.2, -0.15) is 0 Å². The van der Waals surface area contributed by atoms with E-state index in [2.05, 4.69) is 4.98 Å². The smallest absolute Gasteiger partial charge is 0.308 e. The number of esters is 1. The number of carbonyl (C=O) groups is 2. The second-order valence-corrected chi connectivity index (χ2v) is 5.23. The first-order valence-corrected chi connectivity index (χ1v) is 6.98. The Morgan fingerprint density at radius 1 is 1.33 bits per heavy atom. The third kappa shape index (κ3) is 2.61. The second-order valence-electron chi connectivity index (χ2n) is 5.23. The third-order valence-electron chi connectivity index (χ3n) is 3.98. The number of likely N-dealkylation sites (tertiary alicyclic amines) is 1. The summed E-state index contributed by atoms with van der Waals surface area (Å²) in [5.74, 6) is -0.263. The molecule has 1 aliphatic heterocycles. The summed E-state index contributed by atoms with van der Waals surface area (Å²) < 4.78 is 6.62. The van der Waals surface area contributed by atoms with Gasteiger partial charge in [0.25, 0.3) is 5.91 Å². The van der Waals surface area contributed by atoms with E-state index in [1.54, 1.807) is 23.5 Å². The quantitative estimate of drug-likeness (QED) is 0.782. The van der Waals surface area contributed by atoms with Crippen molar-refractivity contribution >= 4 is 17.4 Å². The van der Waals surface area contributed by atoms with Crippen LogP contribution in [-0.2, 0) is 9.53 Å². The summed E-state index contributed by atoms with van der Waals surface area (Å²) in [5, 5.41) is 0. The molecule has 6 heteroatoms.